The molecule has 2 heterocycles. The zero-order valence-electron chi connectivity index (χ0n) is 13.1. The number of nitrogens with zero attached hydrogens (tertiary/aromatic N) is 2. The van der Waals surface area contributed by atoms with E-state index in [4.69, 9.17) is 0 Å². The molecule has 2 aromatic heterocycles. The predicted octanol–water partition coefficient (Wildman–Crippen LogP) is 4.16. The normalized spacial score (nSPS) is 10.5. The molecule has 128 valence electrons. The zero-order valence-corrected chi connectivity index (χ0v) is 16.3. The lowest BCUT2D eigenvalue weighted by atomic mass is 10.1. The number of carbonyl (C=O) groups excluding carboxylic acids is 2. The SMILES string of the molecule is CC(=O)Nc1nc(C(=O)Nc2ncc(Cc3ccccc3Br)s2)cs1. The molecule has 0 fully saturated rings. The lowest BCUT2D eigenvalue weighted by molar-refractivity contribution is -0.114. The van der Waals surface area contributed by atoms with Crippen molar-refractivity contribution in [2.75, 3.05) is 10.6 Å². The molecule has 0 radical (unpaired) electrons. The van der Waals surface area contributed by atoms with Gasteiger partial charge in [-0.05, 0) is 11.6 Å². The Kier molecular flexibility index (Phi) is 5.57. The topological polar surface area (TPSA) is 84.0 Å². The maximum Gasteiger partial charge on any atom is 0.276 e. The van der Waals surface area contributed by atoms with Crippen LogP contribution in [0.15, 0.2) is 40.3 Å². The number of benzene rings is 1. The maximum atomic E-state index is 12.2. The van der Waals surface area contributed by atoms with Crippen molar-refractivity contribution < 1.29 is 9.59 Å². The Balaban J connectivity index is 1.65. The summed E-state index contributed by atoms with van der Waals surface area (Å²) in [6.07, 6.45) is 2.49. The monoisotopic (exact) mass is 436 g/mol. The number of halogens is 1. The summed E-state index contributed by atoms with van der Waals surface area (Å²) >= 11 is 6.15. The van der Waals surface area contributed by atoms with E-state index in [-0.39, 0.29) is 17.5 Å². The van der Waals surface area contributed by atoms with Gasteiger partial charge in [-0.15, -0.1) is 22.7 Å². The van der Waals surface area contributed by atoms with E-state index >= 15 is 0 Å². The van der Waals surface area contributed by atoms with Crippen molar-refractivity contribution in [3.63, 3.8) is 0 Å². The van der Waals surface area contributed by atoms with Gasteiger partial charge in [-0.2, -0.15) is 0 Å². The van der Waals surface area contributed by atoms with Crippen LogP contribution < -0.4 is 10.6 Å². The van der Waals surface area contributed by atoms with E-state index in [0.29, 0.717) is 10.3 Å². The minimum atomic E-state index is -0.352. The Labute approximate surface area is 160 Å². The number of anilines is 2. The minimum Gasteiger partial charge on any atom is -0.302 e. The van der Waals surface area contributed by atoms with E-state index in [0.717, 1.165) is 21.3 Å². The Morgan fingerprint density at radius 3 is 2.76 bits per heavy atom. The van der Waals surface area contributed by atoms with Gasteiger partial charge in [-0.25, -0.2) is 9.97 Å². The van der Waals surface area contributed by atoms with Crippen LogP contribution in [0.25, 0.3) is 0 Å². The van der Waals surface area contributed by atoms with Gasteiger partial charge in [0.15, 0.2) is 10.3 Å². The molecule has 2 N–H and O–H groups in total. The number of thiazole rings is 2. The molecule has 0 aliphatic heterocycles. The van der Waals surface area contributed by atoms with Crippen LogP contribution in [0, 0.1) is 0 Å². The van der Waals surface area contributed by atoms with Gasteiger partial charge in [0, 0.05) is 34.3 Å². The average Bonchev–Trinajstić information content (AvgIpc) is 3.19. The standard InChI is InChI=1S/C16H13BrN4O2S2/c1-9(22)19-16-20-13(8-24-16)14(23)21-15-18-7-11(25-15)6-10-4-2-3-5-12(10)17/h2-5,7-8H,6H2,1H3,(H,18,21,23)(H,19,20,22). The van der Waals surface area contributed by atoms with Crippen LogP contribution in [0.4, 0.5) is 10.3 Å². The molecule has 0 saturated heterocycles. The maximum absolute atomic E-state index is 12.2. The fourth-order valence-electron chi connectivity index (χ4n) is 2.02. The van der Waals surface area contributed by atoms with Crippen LogP contribution in [0.1, 0.15) is 27.9 Å². The largest absolute Gasteiger partial charge is 0.302 e. The molecule has 0 bridgehead atoms. The first-order valence-corrected chi connectivity index (χ1v) is 9.73. The van der Waals surface area contributed by atoms with Crippen molar-refractivity contribution in [2.24, 2.45) is 0 Å². The van der Waals surface area contributed by atoms with Crippen molar-refractivity contribution >= 4 is 60.7 Å². The second-order valence-corrected chi connectivity index (χ2v) is 7.90. The van der Waals surface area contributed by atoms with Crippen LogP contribution in [0.5, 0.6) is 0 Å². The summed E-state index contributed by atoms with van der Waals surface area (Å²) in [5.74, 6) is -0.576. The minimum absolute atomic E-state index is 0.224. The Morgan fingerprint density at radius 1 is 1.20 bits per heavy atom. The summed E-state index contributed by atoms with van der Waals surface area (Å²) in [4.78, 5) is 32.6. The molecule has 0 saturated carbocycles. The molecule has 2 amide bonds. The first kappa shape index (κ1) is 17.7. The van der Waals surface area contributed by atoms with Crippen molar-refractivity contribution in [1.29, 1.82) is 0 Å². The summed E-state index contributed by atoms with van der Waals surface area (Å²) in [6.45, 7) is 1.39. The average molecular weight is 437 g/mol. The molecule has 0 atom stereocenters. The van der Waals surface area contributed by atoms with Gasteiger partial charge < -0.3 is 5.32 Å². The van der Waals surface area contributed by atoms with Crippen LogP contribution in [0.3, 0.4) is 0 Å². The Hall–Kier alpha value is -2.10. The first-order chi connectivity index (χ1) is 12.0. The van der Waals surface area contributed by atoms with Gasteiger partial charge in [0.05, 0.1) is 0 Å². The lowest BCUT2D eigenvalue weighted by Gasteiger charge is -2.01. The predicted molar refractivity (Wildman–Crippen MR) is 103 cm³/mol. The van der Waals surface area contributed by atoms with Crippen LogP contribution in [-0.4, -0.2) is 21.8 Å². The molecule has 0 unspecified atom stereocenters. The molecule has 0 aliphatic rings. The molecule has 25 heavy (non-hydrogen) atoms. The van der Waals surface area contributed by atoms with Gasteiger partial charge in [0.1, 0.15) is 5.69 Å². The highest BCUT2D eigenvalue weighted by molar-refractivity contribution is 9.10. The summed E-state index contributed by atoms with van der Waals surface area (Å²) in [5.41, 5.74) is 1.40. The fourth-order valence-corrected chi connectivity index (χ4v) is 4.02. The summed E-state index contributed by atoms with van der Waals surface area (Å²) in [5, 5.41) is 7.79. The van der Waals surface area contributed by atoms with Crippen molar-refractivity contribution in [1.82, 2.24) is 9.97 Å². The van der Waals surface area contributed by atoms with E-state index in [1.54, 1.807) is 11.6 Å². The van der Waals surface area contributed by atoms with E-state index in [9.17, 15) is 9.59 Å². The quantitative estimate of drug-likeness (QED) is 0.628. The van der Waals surface area contributed by atoms with Crippen LogP contribution in [-0.2, 0) is 11.2 Å². The molecule has 3 aromatic rings. The second kappa shape index (κ2) is 7.85. The van der Waals surface area contributed by atoms with Crippen molar-refractivity contribution in [3.8, 4) is 0 Å². The number of nitrogens with one attached hydrogen (secondary N) is 2. The smallest absolute Gasteiger partial charge is 0.276 e. The lowest BCUT2D eigenvalue weighted by Crippen LogP contribution is -2.12. The number of aromatic nitrogens is 2. The van der Waals surface area contributed by atoms with Gasteiger partial charge in [0.2, 0.25) is 5.91 Å². The summed E-state index contributed by atoms with van der Waals surface area (Å²) < 4.78 is 1.04. The molecule has 0 spiro atoms. The molecule has 3 rings (SSSR count). The van der Waals surface area contributed by atoms with E-state index in [1.807, 2.05) is 24.3 Å². The number of hydrogen-bond acceptors (Lipinski definition) is 6. The Morgan fingerprint density at radius 2 is 2.00 bits per heavy atom. The highest BCUT2D eigenvalue weighted by Gasteiger charge is 2.14. The molecule has 0 aliphatic carbocycles. The van der Waals surface area contributed by atoms with Crippen LogP contribution in [0.2, 0.25) is 0 Å². The van der Waals surface area contributed by atoms with E-state index in [2.05, 4.69) is 36.5 Å². The van der Waals surface area contributed by atoms with Gasteiger partial charge in [0.25, 0.3) is 5.91 Å². The van der Waals surface area contributed by atoms with Crippen LogP contribution >= 0.6 is 38.6 Å². The van der Waals surface area contributed by atoms with Gasteiger partial charge >= 0.3 is 0 Å². The molecule has 6 nitrogen and oxygen atoms in total. The highest BCUT2D eigenvalue weighted by Crippen LogP contribution is 2.25. The number of hydrogen-bond donors (Lipinski definition) is 2. The van der Waals surface area contributed by atoms with E-state index in [1.165, 1.54) is 29.6 Å². The second-order valence-electron chi connectivity index (χ2n) is 5.07. The summed E-state index contributed by atoms with van der Waals surface area (Å²) in [6, 6.07) is 7.99. The number of carbonyl (C=O) groups is 2. The molecular weight excluding hydrogens is 424 g/mol. The van der Waals surface area contributed by atoms with Gasteiger partial charge in [-0.3, -0.25) is 14.9 Å². The third kappa shape index (κ3) is 4.71. The number of rotatable bonds is 5. The molecular formula is C16H13BrN4O2S2. The third-order valence-electron chi connectivity index (χ3n) is 3.12. The summed E-state index contributed by atoms with van der Waals surface area (Å²) in [7, 11) is 0. The fraction of sp³-hybridized carbons (Fsp3) is 0.125. The number of amides is 2. The molecule has 9 heteroatoms. The highest BCUT2D eigenvalue weighted by atomic mass is 79.9. The third-order valence-corrected chi connectivity index (χ3v) is 5.56. The first-order valence-electron chi connectivity index (χ1n) is 7.24. The van der Waals surface area contributed by atoms with Gasteiger partial charge in [-0.1, -0.05) is 34.1 Å². The van der Waals surface area contributed by atoms with Crippen molar-refractivity contribution in [2.45, 2.75) is 13.3 Å². The zero-order chi connectivity index (χ0) is 17.8. The molecule has 1 aromatic carbocycles. The Bertz CT molecular complexity index is 922. The van der Waals surface area contributed by atoms with Crippen molar-refractivity contribution in [3.05, 3.63) is 56.4 Å². The van der Waals surface area contributed by atoms with E-state index < -0.39 is 0 Å².